The topological polar surface area (TPSA) is 75.8 Å². The van der Waals surface area contributed by atoms with Gasteiger partial charge in [0.15, 0.2) is 0 Å². The van der Waals surface area contributed by atoms with Crippen LogP contribution in [0.2, 0.25) is 0 Å². The van der Waals surface area contributed by atoms with E-state index in [4.69, 9.17) is 9.26 Å². The van der Waals surface area contributed by atoms with Crippen molar-refractivity contribution < 1.29 is 19.2 Å². The standard InChI is InChI=1S/C18H24N2O4/c1-12-15(13(2)24-19-12)10-23-16-9-7-6-8-14(16)17(21)20(5)11-18(3,4)22/h6-9,22H,10-11H2,1-5H3. The molecule has 130 valence electrons. The average molecular weight is 332 g/mol. The Labute approximate surface area is 142 Å². The summed E-state index contributed by atoms with van der Waals surface area (Å²) in [5.74, 6) is 0.993. The molecule has 2 aromatic rings. The summed E-state index contributed by atoms with van der Waals surface area (Å²) in [7, 11) is 1.66. The SMILES string of the molecule is Cc1noc(C)c1COc1ccccc1C(=O)N(C)CC(C)(C)O. The normalized spacial score (nSPS) is 11.4. The van der Waals surface area contributed by atoms with Crippen molar-refractivity contribution in [3.63, 3.8) is 0 Å². The molecule has 6 nitrogen and oxygen atoms in total. The van der Waals surface area contributed by atoms with E-state index in [0.717, 1.165) is 11.3 Å². The van der Waals surface area contributed by atoms with E-state index in [1.807, 2.05) is 19.9 Å². The number of rotatable bonds is 6. The first-order valence-electron chi connectivity index (χ1n) is 7.80. The van der Waals surface area contributed by atoms with Gasteiger partial charge >= 0.3 is 0 Å². The van der Waals surface area contributed by atoms with Gasteiger partial charge in [-0.15, -0.1) is 0 Å². The predicted molar refractivity (Wildman–Crippen MR) is 90.0 cm³/mol. The van der Waals surface area contributed by atoms with Gasteiger partial charge in [0.1, 0.15) is 18.1 Å². The summed E-state index contributed by atoms with van der Waals surface area (Å²) in [5, 5.41) is 13.8. The molecule has 1 amide bonds. The lowest BCUT2D eigenvalue weighted by atomic mass is 10.1. The number of nitrogens with zero attached hydrogens (tertiary/aromatic N) is 2. The average Bonchev–Trinajstić information content (AvgIpc) is 2.82. The maximum atomic E-state index is 12.6. The van der Waals surface area contributed by atoms with Crippen LogP contribution in [-0.2, 0) is 6.61 Å². The van der Waals surface area contributed by atoms with E-state index in [2.05, 4.69) is 5.16 Å². The van der Waals surface area contributed by atoms with Gasteiger partial charge in [-0.05, 0) is 39.8 Å². The van der Waals surface area contributed by atoms with Crippen LogP contribution < -0.4 is 4.74 Å². The summed E-state index contributed by atoms with van der Waals surface area (Å²) in [6.45, 7) is 7.51. The van der Waals surface area contributed by atoms with Crippen molar-refractivity contribution in [2.45, 2.75) is 39.9 Å². The number of aliphatic hydroxyl groups is 1. The van der Waals surface area contributed by atoms with Crippen LogP contribution in [0.15, 0.2) is 28.8 Å². The zero-order chi connectivity index (χ0) is 17.9. The van der Waals surface area contributed by atoms with Crippen molar-refractivity contribution >= 4 is 5.91 Å². The first kappa shape index (κ1) is 18.0. The zero-order valence-electron chi connectivity index (χ0n) is 14.8. The Hall–Kier alpha value is -2.34. The number of carbonyl (C=O) groups is 1. The highest BCUT2D eigenvalue weighted by Gasteiger charge is 2.22. The van der Waals surface area contributed by atoms with Crippen LogP contribution in [0.4, 0.5) is 0 Å². The van der Waals surface area contributed by atoms with Gasteiger partial charge in [-0.2, -0.15) is 0 Å². The van der Waals surface area contributed by atoms with Gasteiger partial charge in [-0.3, -0.25) is 4.79 Å². The molecule has 2 rings (SSSR count). The number of para-hydroxylation sites is 1. The molecular weight excluding hydrogens is 308 g/mol. The molecule has 0 aliphatic carbocycles. The Morgan fingerprint density at radius 2 is 2.00 bits per heavy atom. The number of likely N-dealkylation sites (N-methyl/N-ethyl adjacent to an activating group) is 1. The first-order chi connectivity index (χ1) is 11.2. The quantitative estimate of drug-likeness (QED) is 0.880. The molecule has 1 N–H and O–H groups in total. The number of ether oxygens (including phenoxy) is 1. The second-order valence-electron chi connectivity index (χ2n) is 6.56. The van der Waals surface area contributed by atoms with Crippen LogP contribution in [0, 0.1) is 13.8 Å². The molecule has 0 aliphatic rings. The van der Waals surface area contributed by atoms with Gasteiger partial charge in [0.25, 0.3) is 5.91 Å². The fourth-order valence-electron chi connectivity index (χ4n) is 2.48. The summed E-state index contributed by atoms with van der Waals surface area (Å²) >= 11 is 0. The van der Waals surface area contributed by atoms with E-state index in [0.29, 0.717) is 17.1 Å². The van der Waals surface area contributed by atoms with E-state index in [1.165, 1.54) is 4.90 Å². The monoisotopic (exact) mass is 332 g/mol. The number of hydrogen-bond donors (Lipinski definition) is 1. The zero-order valence-corrected chi connectivity index (χ0v) is 14.8. The van der Waals surface area contributed by atoms with Crippen molar-refractivity contribution in [1.82, 2.24) is 10.1 Å². The van der Waals surface area contributed by atoms with Crippen molar-refractivity contribution in [2.24, 2.45) is 0 Å². The third kappa shape index (κ3) is 4.35. The van der Waals surface area contributed by atoms with E-state index >= 15 is 0 Å². The lowest BCUT2D eigenvalue weighted by Crippen LogP contribution is -2.39. The summed E-state index contributed by atoms with van der Waals surface area (Å²) in [4.78, 5) is 14.1. The van der Waals surface area contributed by atoms with E-state index in [-0.39, 0.29) is 19.1 Å². The second-order valence-corrected chi connectivity index (χ2v) is 6.56. The third-order valence-corrected chi connectivity index (χ3v) is 3.64. The molecule has 1 heterocycles. The van der Waals surface area contributed by atoms with Crippen molar-refractivity contribution in [3.8, 4) is 5.75 Å². The summed E-state index contributed by atoms with van der Waals surface area (Å²) in [6.07, 6.45) is 0. The van der Waals surface area contributed by atoms with E-state index < -0.39 is 5.60 Å². The van der Waals surface area contributed by atoms with Gasteiger partial charge < -0.3 is 19.3 Å². The molecule has 0 atom stereocenters. The molecule has 0 saturated heterocycles. The van der Waals surface area contributed by atoms with Crippen LogP contribution in [0.5, 0.6) is 5.75 Å². The molecule has 1 aromatic heterocycles. The van der Waals surface area contributed by atoms with Crippen LogP contribution in [0.3, 0.4) is 0 Å². The molecule has 0 saturated carbocycles. The lowest BCUT2D eigenvalue weighted by molar-refractivity contribution is 0.0365. The van der Waals surface area contributed by atoms with Gasteiger partial charge in [-0.25, -0.2) is 0 Å². The summed E-state index contributed by atoms with van der Waals surface area (Å²) in [6, 6.07) is 7.07. The first-order valence-corrected chi connectivity index (χ1v) is 7.80. The maximum absolute atomic E-state index is 12.6. The lowest BCUT2D eigenvalue weighted by Gasteiger charge is -2.26. The molecule has 0 unspecified atom stereocenters. The van der Waals surface area contributed by atoms with Gasteiger partial charge in [0.2, 0.25) is 0 Å². The molecule has 0 radical (unpaired) electrons. The van der Waals surface area contributed by atoms with Crippen LogP contribution >= 0.6 is 0 Å². The predicted octanol–water partition coefficient (Wildman–Crippen LogP) is 2.71. The number of amides is 1. The minimum absolute atomic E-state index is 0.202. The maximum Gasteiger partial charge on any atom is 0.257 e. The van der Waals surface area contributed by atoms with Gasteiger partial charge in [0, 0.05) is 13.6 Å². The summed E-state index contributed by atoms with van der Waals surface area (Å²) < 4.78 is 11.0. The highest BCUT2D eigenvalue weighted by molar-refractivity contribution is 5.96. The smallest absolute Gasteiger partial charge is 0.257 e. The molecule has 0 spiro atoms. The molecular formula is C18H24N2O4. The highest BCUT2D eigenvalue weighted by Crippen LogP contribution is 2.23. The van der Waals surface area contributed by atoms with Crippen molar-refractivity contribution in [2.75, 3.05) is 13.6 Å². The molecule has 1 aromatic carbocycles. The second kappa shape index (κ2) is 7.05. The largest absolute Gasteiger partial charge is 0.488 e. The number of carbonyl (C=O) groups excluding carboxylic acids is 1. The van der Waals surface area contributed by atoms with Crippen LogP contribution in [-0.4, -0.2) is 40.3 Å². The molecule has 0 bridgehead atoms. The Balaban J connectivity index is 2.17. The highest BCUT2D eigenvalue weighted by atomic mass is 16.5. The number of benzene rings is 1. The number of hydrogen-bond acceptors (Lipinski definition) is 5. The van der Waals surface area contributed by atoms with Gasteiger partial charge in [-0.1, -0.05) is 17.3 Å². The van der Waals surface area contributed by atoms with Crippen molar-refractivity contribution in [3.05, 3.63) is 46.8 Å². The molecule has 24 heavy (non-hydrogen) atoms. The van der Waals surface area contributed by atoms with E-state index in [9.17, 15) is 9.90 Å². The fourth-order valence-corrected chi connectivity index (χ4v) is 2.48. The Kier molecular flexibility index (Phi) is 5.29. The Morgan fingerprint density at radius 1 is 1.33 bits per heavy atom. The minimum Gasteiger partial charge on any atom is -0.488 e. The molecule has 6 heteroatoms. The Morgan fingerprint density at radius 3 is 2.58 bits per heavy atom. The third-order valence-electron chi connectivity index (χ3n) is 3.64. The van der Waals surface area contributed by atoms with Gasteiger partial charge in [0.05, 0.1) is 22.4 Å². The Bertz CT molecular complexity index is 697. The van der Waals surface area contributed by atoms with E-state index in [1.54, 1.807) is 39.1 Å². The minimum atomic E-state index is -0.961. The molecule has 0 fully saturated rings. The molecule has 0 aliphatic heterocycles. The summed E-state index contributed by atoms with van der Waals surface area (Å²) in [5.41, 5.74) is 1.14. The number of aromatic nitrogens is 1. The number of aryl methyl sites for hydroxylation is 2. The van der Waals surface area contributed by atoms with Crippen LogP contribution in [0.25, 0.3) is 0 Å². The van der Waals surface area contributed by atoms with Crippen molar-refractivity contribution in [1.29, 1.82) is 0 Å². The fraction of sp³-hybridized carbons (Fsp3) is 0.444. The van der Waals surface area contributed by atoms with Crippen LogP contribution in [0.1, 0.15) is 41.2 Å².